The van der Waals surface area contributed by atoms with Crippen LogP contribution in [0.25, 0.3) is 100 Å². The van der Waals surface area contributed by atoms with Crippen molar-refractivity contribution < 1.29 is 26.2 Å². The van der Waals surface area contributed by atoms with Gasteiger partial charge in [-0.3, -0.25) is 9.55 Å². The van der Waals surface area contributed by atoms with Gasteiger partial charge in [-0.1, -0.05) is 206 Å². The van der Waals surface area contributed by atoms with Crippen molar-refractivity contribution >= 4 is 32.8 Å². The number of benzene rings is 8. The molecule has 0 atom stereocenters. The monoisotopic (exact) mass is 1120 g/mol. The molecule has 0 bridgehead atoms. The quantitative estimate of drug-likeness (QED) is 0.162. The first-order valence-electron chi connectivity index (χ1n) is 24.7. The van der Waals surface area contributed by atoms with Gasteiger partial charge < -0.3 is 9.67 Å². The first kappa shape index (κ1) is 48.3. The van der Waals surface area contributed by atoms with Gasteiger partial charge in [0.2, 0.25) is 0 Å². The van der Waals surface area contributed by atoms with Gasteiger partial charge in [-0.25, -0.2) is 4.98 Å². The summed E-state index contributed by atoms with van der Waals surface area (Å²) in [5.41, 5.74) is 17.1. The molecule has 11 aromatic rings. The maximum atomic E-state index is 12.7. The topological polar surface area (TPSA) is 55.9 Å². The Hall–Kier alpha value is -7.33. The van der Waals surface area contributed by atoms with Gasteiger partial charge in [0.25, 0.3) is 0 Å². The maximum absolute atomic E-state index is 12.7. The van der Waals surface area contributed by atoms with E-state index < -0.39 is 0 Å². The number of hydrogen-bond donors (Lipinski definition) is 1. The summed E-state index contributed by atoms with van der Waals surface area (Å²) in [7, 11) is 0. The summed E-state index contributed by atoms with van der Waals surface area (Å²) in [6.07, 6.45) is 1.91. The molecule has 1 N–H and O–H groups in total. The van der Waals surface area contributed by atoms with Crippen molar-refractivity contribution in [2.45, 2.75) is 78.6 Å². The number of phenols is 1. The number of pyridine rings is 1. The number of nitrogens with zero attached hydrogens (tertiary/aromatic N) is 4. The number of imidazole rings is 1. The van der Waals surface area contributed by atoms with E-state index in [1.165, 1.54) is 5.56 Å². The van der Waals surface area contributed by atoms with Gasteiger partial charge in [0, 0.05) is 55.3 Å². The molecule has 11 rings (SSSR count). The second-order valence-corrected chi connectivity index (χ2v) is 22.0. The molecular weight excluding hydrogens is 1060 g/mol. The second-order valence-electron chi connectivity index (χ2n) is 22.0. The summed E-state index contributed by atoms with van der Waals surface area (Å²) >= 11 is 0. The molecule has 72 heavy (non-hydrogen) atoms. The van der Waals surface area contributed by atoms with Crippen molar-refractivity contribution in [2.24, 2.45) is 0 Å². The molecule has 5 nitrogen and oxygen atoms in total. The zero-order valence-electron chi connectivity index (χ0n) is 42.5. The predicted octanol–water partition coefficient (Wildman–Crippen LogP) is 17.2. The van der Waals surface area contributed by atoms with E-state index >= 15 is 0 Å². The van der Waals surface area contributed by atoms with Crippen LogP contribution in [-0.4, -0.2) is 24.2 Å². The summed E-state index contributed by atoms with van der Waals surface area (Å²) in [5, 5.41) is 14.9. The minimum atomic E-state index is -0.350. The molecule has 6 heteroatoms. The molecule has 360 valence electrons. The number of rotatable bonds is 7. The van der Waals surface area contributed by atoms with Crippen molar-refractivity contribution in [1.29, 1.82) is 0 Å². The van der Waals surface area contributed by atoms with Crippen LogP contribution in [0.5, 0.6) is 5.75 Å². The van der Waals surface area contributed by atoms with Gasteiger partial charge in [0.15, 0.2) is 0 Å². The van der Waals surface area contributed by atoms with E-state index in [0.717, 1.165) is 100.0 Å². The number of para-hydroxylation sites is 3. The second kappa shape index (κ2) is 18.4. The third-order valence-electron chi connectivity index (χ3n) is 14.0. The molecule has 3 aromatic heterocycles. The minimum Gasteiger partial charge on any atom is -0.507 e. The Kier molecular flexibility index (Phi) is 12.3. The number of aromatic nitrogens is 4. The average Bonchev–Trinajstić information content (AvgIpc) is 3.92. The molecule has 8 aromatic carbocycles. The van der Waals surface area contributed by atoms with Crippen LogP contribution >= 0.6 is 0 Å². The van der Waals surface area contributed by atoms with Crippen LogP contribution < -0.4 is 0 Å². The van der Waals surface area contributed by atoms with Crippen molar-refractivity contribution in [3.8, 4) is 73.2 Å². The average molecular weight is 1120 g/mol. The maximum Gasteiger partial charge on any atom is 0.148 e. The Morgan fingerprint density at radius 1 is 0.486 bits per heavy atom. The van der Waals surface area contributed by atoms with Crippen LogP contribution in [0.2, 0.25) is 0 Å². The summed E-state index contributed by atoms with van der Waals surface area (Å²) in [6.45, 7) is 20.0. The minimum absolute atomic E-state index is 0. The van der Waals surface area contributed by atoms with E-state index in [1.807, 2.05) is 12.3 Å². The van der Waals surface area contributed by atoms with Crippen LogP contribution in [-0.2, 0) is 37.3 Å². The van der Waals surface area contributed by atoms with E-state index in [-0.39, 0.29) is 43.1 Å². The van der Waals surface area contributed by atoms with Gasteiger partial charge in [-0.15, -0.1) is 17.7 Å². The van der Waals surface area contributed by atoms with Crippen molar-refractivity contribution in [1.82, 2.24) is 19.1 Å². The van der Waals surface area contributed by atoms with E-state index in [1.54, 1.807) is 0 Å². The Morgan fingerprint density at radius 2 is 1.11 bits per heavy atom. The Morgan fingerprint density at radius 3 is 1.79 bits per heavy atom. The molecule has 3 heterocycles. The zero-order valence-corrected chi connectivity index (χ0v) is 44.7. The summed E-state index contributed by atoms with van der Waals surface area (Å²) < 4.78 is 4.64. The van der Waals surface area contributed by atoms with E-state index in [0.29, 0.717) is 11.4 Å². The molecule has 0 aliphatic carbocycles. The molecule has 0 unspecified atom stereocenters. The van der Waals surface area contributed by atoms with E-state index in [9.17, 15) is 5.11 Å². The molecular formula is C66H59N4OPt-. The smallest absolute Gasteiger partial charge is 0.148 e. The zero-order chi connectivity index (χ0) is 49.4. The summed E-state index contributed by atoms with van der Waals surface area (Å²) in [4.78, 5) is 10.9. The Balaban J connectivity index is 0.00000596. The summed E-state index contributed by atoms with van der Waals surface area (Å²) in [6, 6.07) is 68.6. The molecule has 0 aliphatic rings. The number of phenolic OH excluding ortho intramolecular Hbond substituents is 1. The third kappa shape index (κ3) is 8.58. The molecule has 0 saturated carbocycles. The van der Waals surface area contributed by atoms with Gasteiger partial charge in [-0.05, 0) is 103 Å². The van der Waals surface area contributed by atoms with E-state index in [2.05, 4.69) is 253 Å². The fraction of sp³-hybridized carbons (Fsp3) is 0.182. The van der Waals surface area contributed by atoms with Crippen molar-refractivity contribution in [3.63, 3.8) is 0 Å². The molecule has 0 aliphatic heterocycles. The van der Waals surface area contributed by atoms with Crippen LogP contribution in [0.1, 0.15) is 79.0 Å². The largest absolute Gasteiger partial charge is 0.507 e. The number of hydrogen-bond acceptors (Lipinski definition) is 3. The molecule has 0 saturated heterocycles. The summed E-state index contributed by atoms with van der Waals surface area (Å²) in [5.74, 6) is 0.908. The third-order valence-corrected chi connectivity index (χ3v) is 14.0. The first-order valence-corrected chi connectivity index (χ1v) is 24.7. The van der Waals surface area contributed by atoms with Gasteiger partial charge in [-0.2, -0.15) is 0 Å². The standard InChI is InChI=1S/C66H59N4O.Pt/c1-64(2,3)46-32-33-58(51(39-46)43-24-15-11-16-25-43)70-59-31-21-29-49(60(59)68-63(70)54-40-47(65(4,5)6)41-55(62(54)71)66(7,8)9)45-36-52-50-28-19-20-30-57(50)69(48-26-17-12-18-27-48)61(52)53(37-45)56-38-44(34-35-67-56)42-22-13-10-14-23-42;/h10-36,38-41,71H,1-9H3;/q-1;. The first-order chi connectivity index (χ1) is 34.0. The fourth-order valence-corrected chi connectivity index (χ4v) is 10.2. The van der Waals surface area contributed by atoms with Gasteiger partial charge in [0.1, 0.15) is 11.6 Å². The number of fused-ring (bicyclic) bond motifs is 4. The van der Waals surface area contributed by atoms with E-state index in [4.69, 9.17) is 9.97 Å². The predicted molar refractivity (Wildman–Crippen MR) is 297 cm³/mol. The Labute approximate surface area is 438 Å². The molecule has 0 amide bonds. The van der Waals surface area contributed by atoms with Crippen LogP contribution in [0.15, 0.2) is 188 Å². The molecule has 0 spiro atoms. The number of aromatic hydroxyl groups is 1. The van der Waals surface area contributed by atoms with Crippen LogP contribution in [0, 0.1) is 6.07 Å². The van der Waals surface area contributed by atoms with Gasteiger partial charge >= 0.3 is 0 Å². The van der Waals surface area contributed by atoms with Gasteiger partial charge in [0.05, 0.1) is 22.3 Å². The normalized spacial score (nSPS) is 12.2. The Bertz CT molecular complexity index is 3810. The SMILES string of the molecule is CC(C)(C)c1ccc(-n2c(-c3cc(C(C)(C)C)cc(C(C)(C)C)c3O)nc3c(-c4[c-]c(-c5cc(-c6ccccc6)ccn5)c5c(c4)c4ccccc4n5-c4ccccc4)cccc32)c(-c2ccccc2)c1.[Pt]. The fourth-order valence-electron chi connectivity index (χ4n) is 10.2. The van der Waals surface area contributed by atoms with Crippen molar-refractivity contribution in [3.05, 3.63) is 211 Å². The van der Waals surface area contributed by atoms with Crippen LogP contribution in [0.3, 0.4) is 0 Å². The van der Waals surface area contributed by atoms with Crippen LogP contribution in [0.4, 0.5) is 0 Å². The molecule has 0 radical (unpaired) electrons. The van der Waals surface area contributed by atoms with Crippen molar-refractivity contribution in [2.75, 3.05) is 0 Å². The molecule has 0 fully saturated rings.